The van der Waals surface area contributed by atoms with Gasteiger partial charge in [-0.15, -0.1) is 0 Å². The van der Waals surface area contributed by atoms with E-state index >= 15 is 0 Å². The first-order valence-corrected chi connectivity index (χ1v) is 4.58. The van der Waals surface area contributed by atoms with Crippen molar-refractivity contribution in [1.29, 1.82) is 0 Å². The first-order chi connectivity index (χ1) is 7.38. The Morgan fingerprint density at radius 3 is 2.44 bits per heavy atom. The van der Waals surface area contributed by atoms with Crippen molar-refractivity contribution in [1.82, 2.24) is 9.88 Å². The predicted octanol–water partition coefficient (Wildman–Crippen LogP) is 1.99. The van der Waals surface area contributed by atoms with Gasteiger partial charge in [0.15, 0.2) is 0 Å². The molecular weight excluding hydrogens is 221 g/mol. The van der Waals surface area contributed by atoms with Crippen LogP contribution in [0.15, 0.2) is 24.5 Å². The minimum atomic E-state index is -4.45. The maximum absolute atomic E-state index is 11.9. The Morgan fingerprint density at radius 2 is 1.94 bits per heavy atom. The van der Waals surface area contributed by atoms with Crippen LogP contribution < -0.4 is 0 Å². The summed E-state index contributed by atoms with van der Waals surface area (Å²) in [7, 11) is 1.34. The minimum absolute atomic E-state index is 0.150. The van der Waals surface area contributed by atoms with Crippen LogP contribution >= 0.6 is 0 Å². The number of pyridine rings is 1. The van der Waals surface area contributed by atoms with Crippen LogP contribution in [0.2, 0.25) is 0 Å². The topological polar surface area (TPSA) is 33.2 Å². The summed E-state index contributed by atoms with van der Waals surface area (Å²) in [5.74, 6) is -0.940. The third kappa shape index (κ3) is 4.29. The second-order valence-corrected chi connectivity index (χ2v) is 3.40. The van der Waals surface area contributed by atoms with Crippen molar-refractivity contribution >= 4 is 5.91 Å². The molecule has 0 aromatic carbocycles. The lowest BCUT2D eigenvalue weighted by atomic mass is 10.2. The normalized spacial score (nSPS) is 11.2. The lowest BCUT2D eigenvalue weighted by Gasteiger charge is -2.18. The van der Waals surface area contributed by atoms with Crippen LogP contribution in [0.4, 0.5) is 13.2 Å². The molecule has 16 heavy (non-hydrogen) atoms. The summed E-state index contributed by atoms with van der Waals surface area (Å²) in [6.45, 7) is 0.150. The summed E-state index contributed by atoms with van der Waals surface area (Å²) in [5, 5.41) is 0. The van der Waals surface area contributed by atoms with Crippen molar-refractivity contribution in [3.63, 3.8) is 0 Å². The Kier molecular flexibility index (Phi) is 3.87. The highest BCUT2D eigenvalue weighted by Gasteiger charge is 2.32. The molecule has 0 aliphatic carbocycles. The Balaban J connectivity index is 2.53. The van der Waals surface area contributed by atoms with Gasteiger partial charge in [-0.3, -0.25) is 9.78 Å². The molecule has 6 heteroatoms. The molecule has 1 rings (SSSR count). The average Bonchev–Trinajstić information content (AvgIpc) is 2.16. The van der Waals surface area contributed by atoms with Gasteiger partial charge >= 0.3 is 6.18 Å². The summed E-state index contributed by atoms with van der Waals surface area (Å²) in [6.07, 6.45) is -2.83. The summed E-state index contributed by atoms with van der Waals surface area (Å²) >= 11 is 0. The lowest BCUT2D eigenvalue weighted by molar-refractivity contribution is -0.160. The fourth-order valence-corrected chi connectivity index (χ4v) is 1.16. The van der Waals surface area contributed by atoms with Crippen molar-refractivity contribution in [2.75, 3.05) is 7.05 Å². The Morgan fingerprint density at radius 1 is 1.38 bits per heavy atom. The third-order valence-corrected chi connectivity index (χ3v) is 1.95. The van der Waals surface area contributed by atoms with Crippen molar-refractivity contribution in [3.05, 3.63) is 30.1 Å². The molecule has 0 unspecified atom stereocenters. The number of nitrogens with zero attached hydrogens (tertiary/aromatic N) is 2. The largest absolute Gasteiger partial charge is 0.397 e. The molecule has 88 valence electrons. The molecule has 0 N–H and O–H groups in total. The molecule has 0 saturated carbocycles. The Bertz CT molecular complexity index is 351. The van der Waals surface area contributed by atoms with E-state index < -0.39 is 18.5 Å². The Labute approximate surface area is 90.9 Å². The molecule has 0 aliphatic rings. The van der Waals surface area contributed by atoms with Crippen LogP contribution in [0.1, 0.15) is 12.0 Å². The van der Waals surface area contributed by atoms with Gasteiger partial charge in [-0.2, -0.15) is 13.2 Å². The monoisotopic (exact) mass is 232 g/mol. The van der Waals surface area contributed by atoms with E-state index in [1.807, 2.05) is 0 Å². The van der Waals surface area contributed by atoms with Crippen LogP contribution in [0.25, 0.3) is 0 Å². The Hall–Kier alpha value is -1.59. The molecular formula is C10H11F3N2O. The second kappa shape index (κ2) is 4.96. The average molecular weight is 232 g/mol. The second-order valence-electron chi connectivity index (χ2n) is 3.40. The van der Waals surface area contributed by atoms with Crippen LogP contribution in [-0.4, -0.2) is 29.0 Å². The van der Waals surface area contributed by atoms with E-state index in [-0.39, 0.29) is 6.54 Å². The number of hydrogen-bond acceptors (Lipinski definition) is 2. The number of halogens is 3. The maximum atomic E-state index is 11.9. The van der Waals surface area contributed by atoms with E-state index in [9.17, 15) is 18.0 Å². The van der Waals surface area contributed by atoms with Crippen LogP contribution in [0.5, 0.6) is 0 Å². The minimum Gasteiger partial charge on any atom is -0.341 e. The van der Waals surface area contributed by atoms with Crippen molar-refractivity contribution in [2.45, 2.75) is 19.1 Å². The smallest absolute Gasteiger partial charge is 0.341 e. The van der Waals surface area contributed by atoms with Gasteiger partial charge in [-0.1, -0.05) is 0 Å². The SMILES string of the molecule is CN(Cc1ccncc1)C(=O)CC(F)(F)F. The van der Waals surface area contributed by atoms with Gasteiger partial charge < -0.3 is 4.90 Å². The first kappa shape index (κ1) is 12.5. The lowest BCUT2D eigenvalue weighted by Crippen LogP contribution is -2.30. The zero-order valence-corrected chi connectivity index (χ0v) is 8.66. The highest BCUT2D eigenvalue weighted by Crippen LogP contribution is 2.20. The molecule has 1 amide bonds. The number of carbonyl (C=O) groups excluding carboxylic acids is 1. The quantitative estimate of drug-likeness (QED) is 0.798. The highest BCUT2D eigenvalue weighted by atomic mass is 19.4. The van der Waals surface area contributed by atoms with Gasteiger partial charge in [0.2, 0.25) is 5.91 Å². The molecule has 1 aromatic rings. The van der Waals surface area contributed by atoms with Crippen LogP contribution in [0, 0.1) is 0 Å². The van der Waals surface area contributed by atoms with E-state index in [0.717, 1.165) is 10.5 Å². The summed E-state index contributed by atoms with van der Waals surface area (Å²) < 4.78 is 35.8. The highest BCUT2D eigenvalue weighted by molar-refractivity contribution is 5.76. The number of alkyl halides is 3. The van der Waals surface area contributed by atoms with Gasteiger partial charge in [-0.05, 0) is 17.7 Å². The molecule has 1 heterocycles. The molecule has 0 atom stereocenters. The predicted molar refractivity (Wildman–Crippen MR) is 51.4 cm³/mol. The third-order valence-electron chi connectivity index (χ3n) is 1.95. The zero-order valence-electron chi connectivity index (χ0n) is 8.66. The summed E-state index contributed by atoms with van der Waals surface area (Å²) in [4.78, 5) is 16.0. The number of carbonyl (C=O) groups is 1. The van der Waals surface area contributed by atoms with E-state index in [1.165, 1.54) is 19.4 Å². The van der Waals surface area contributed by atoms with Gasteiger partial charge in [0, 0.05) is 26.0 Å². The number of amides is 1. The summed E-state index contributed by atoms with van der Waals surface area (Å²) in [6, 6.07) is 3.30. The fraction of sp³-hybridized carbons (Fsp3) is 0.400. The van der Waals surface area contributed by atoms with E-state index in [2.05, 4.69) is 4.98 Å². The van der Waals surface area contributed by atoms with Crippen LogP contribution in [0.3, 0.4) is 0 Å². The molecule has 0 aliphatic heterocycles. The number of rotatable bonds is 3. The maximum Gasteiger partial charge on any atom is 0.397 e. The molecule has 0 saturated heterocycles. The van der Waals surface area contributed by atoms with Crippen molar-refractivity contribution < 1.29 is 18.0 Å². The standard InChI is InChI=1S/C10H11F3N2O/c1-15(9(16)6-10(11,12)13)7-8-2-4-14-5-3-8/h2-5H,6-7H2,1H3. The van der Waals surface area contributed by atoms with Crippen LogP contribution in [-0.2, 0) is 11.3 Å². The first-order valence-electron chi connectivity index (χ1n) is 4.58. The van der Waals surface area contributed by atoms with Crippen molar-refractivity contribution in [3.8, 4) is 0 Å². The van der Waals surface area contributed by atoms with E-state index in [1.54, 1.807) is 12.1 Å². The van der Waals surface area contributed by atoms with Gasteiger partial charge in [0.25, 0.3) is 0 Å². The molecule has 0 radical (unpaired) electrons. The molecule has 0 bridgehead atoms. The van der Waals surface area contributed by atoms with Gasteiger partial charge in [-0.25, -0.2) is 0 Å². The van der Waals surface area contributed by atoms with Gasteiger partial charge in [0.1, 0.15) is 6.42 Å². The van der Waals surface area contributed by atoms with E-state index in [0.29, 0.717) is 0 Å². The number of hydrogen-bond donors (Lipinski definition) is 0. The fourth-order valence-electron chi connectivity index (χ4n) is 1.16. The zero-order chi connectivity index (χ0) is 12.2. The van der Waals surface area contributed by atoms with Crippen molar-refractivity contribution in [2.24, 2.45) is 0 Å². The molecule has 3 nitrogen and oxygen atoms in total. The van der Waals surface area contributed by atoms with Gasteiger partial charge in [0.05, 0.1) is 0 Å². The number of aromatic nitrogens is 1. The molecule has 0 fully saturated rings. The summed E-state index contributed by atoms with van der Waals surface area (Å²) in [5.41, 5.74) is 0.744. The van der Waals surface area contributed by atoms with E-state index in [4.69, 9.17) is 0 Å². The molecule has 1 aromatic heterocycles. The molecule has 0 spiro atoms.